The molecule has 1 amide bonds. The van der Waals surface area contributed by atoms with E-state index in [1.54, 1.807) is 0 Å². The van der Waals surface area contributed by atoms with Crippen molar-refractivity contribution in [2.45, 2.75) is 37.5 Å². The average Bonchev–Trinajstić information content (AvgIpc) is 2.68. The lowest BCUT2D eigenvalue weighted by atomic mass is 10.2. The highest BCUT2D eigenvalue weighted by Crippen LogP contribution is 2.22. The summed E-state index contributed by atoms with van der Waals surface area (Å²) < 4.78 is 29.6. The fourth-order valence-electron chi connectivity index (χ4n) is 2.45. The molecule has 0 heterocycles. The molecule has 9 heteroatoms. The predicted octanol–water partition coefficient (Wildman–Crippen LogP) is 3.67. The lowest BCUT2D eigenvalue weighted by molar-refractivity contribution is -0.385. The predicted molar refractivity (Wildman–Crippen MR) is 104 cm³/mol. The molecule has 0 unspecified atom stereocenters. The van der Waals surface area contributed by atoms with E-state index in [4.69, 9.17) is 4.18 Å². The van der Waals surface area contributed by atoms with Crippen LogP contribution in [0.3, 0.4) is 0 Å². The summed E-state index contributed by atoms with van der Waals surface area (Å²) in [5.74, 6) is -0.240. The van der Waals surface area contributed by atoms with Crippen molar-refractivity contribution in [3.8, 4) is 5.75 Å². The van der Waals surface area contributed by atoms with Crippen LogP contribution in [-0.2, 0) is 10.1 Å². The Labute approximate surface area is 163 Å². The third-order valence-electron chi connectivity index (χ3n) is 3.96. The Morgan fingerprint density at radius 1 is 1.11 bits per heavy atom. The van der Waals surface area contributed by atoms with Gasteiger partial charge in [0.1, 0.15) is 10.6 Å². The van der Waals surface area contributed by atoms with Crippen LogP contribution in [0.1, 0.15) is 43.0 Å². The zero-order chi connectivity index (χ0) is 20.6. The summed E-state index contributed by atoms with van der Waals surface area (Å²) in [6, 6.07) is 10.2. The Morgan fingerprint density at radius 3 is 2.46 bits per heavy atom. The van der Waals surface area contributed by atoms with Gasteiger partial charge in [0.15, 0.2) is 0 Å². The minimum absolute atomic E-state index is 0.00556. The number of hydrogen-bond acceptors (Lipinski definition) is 6. The van der Waals surface area contributed by atoms with Crippen molar-refractivity contribution in [1.29, 1.82) is 0 Å². The van der Waals surface area contributed by atoms with E-state index in [9.17, 15) is 23.3 Å². The van der Waals surface area contributed by atoms with E-state index in [1.807, 2.05) is 0 Å². The topological polar surface area (TPSA) is 116 Å². The fraction of sp³-hybridized carbons (Fsp3) is 0.316. The molecule has 2 aromatic carbocycles. The minimum Gasteiger partial charge on any atom is -0.379 e. The summed E-state index contributed by atoms with van der Waals surface area (Å²) >= 11 is 0. The summed E-state index contributed by atoms with van der Waals surface area (Å²) in [5, 5.41) is 13.6. The van der Waals surface area contributed by atoms with Crippen molar-refractivity contribution in [1.82, 2.24) is 5.32 Å². The first kappa shape index (κ1) is 21.4. The summed E-state index contributed by atoms with van der Waals surface area (Å²) in [6.45, 7) is 2.69. The Hall–Kier alpha value is -2.94. The van der Waals surface area contributed by atoms with Gasteiger partial charge in [0.25, 0.3) is 11.6 Å². The van der Waals surface area contributed by atoms with Crippen molar-refractivity contribution in [3.63, 3.8) is 0 Å². The molecule has 2 rings (SSSR count). The molecule has 0 radical (unpaired) electrons. The Kier molecular flexibility index (Phi) is 7.51. The molecule has 0 spiro atoms. The molecule has 0 atom stereocenters. The second kappa shape index (κ2) is 9.84. The van der Waals surface area contributed by atoms with Crippen molar-refractivity contribution >= 4 is 21.7 Å². The highest BCUT2D eigenvalue weighted by molar-refractivity contribution is 7.87. The van der Waals surface area contributed by atoms with Gasteiger partial charge in [0, 0.05) is 24.2 Å². The van der Waals surface area contributed by atoms with Gasteiger partial charge >= 0.3 is 10.1 Å². The van der Waals surface area contributed by atoms with Crippen molar-refractivity contribution in [3.05, 3.63) is 64.2 Å². The number of nitrogens with zero attached hydrogens (tertiary/aromatic N) is 1. The van der Waals surface area contributed by atoms with Crippen LogP contribution in [0.2, 0.25) is 0 Å². The minimum atomic E-state index is -4.23. The first-order valence-electron chi connectivity index (χ1n) is 8.90. The number of rotatable bonds is 10. The van der Waals surface area contributed by atoms with Gasteiger partial charge in [-0.2, -0.15) is 8.42 Å². The molecule has 0 aliphatic rings. The first-order valence-corrected chi connectivity index (χ1v) is 10.3. The number of non-ortho nitro benzene ring substituents is 1. The van der Waals surface area contributed by atoms with E-state index < -0.39 is 15.0 Å². The Morgan fingerprint density at radius 2 is 1.82 bits per heavy atom. The number of amides is 1. The maximum Gasteiger partial charge on any atom is 0.339 e. The number of nitro benzene ring substituents is 1. The second-order valence-corrected chi connectivity index (χ2v) is 7.68. The third-order valence-corrected chi connectivity index (χ3v) is 5.20. The van der Waals surface area contributed by atoms with E-state index in [1.165, 1.54) is 42.5 Å². The number of carbonyl (C=O) groups is 1. The molecule has 0 aromatic heterocycles. The summed E-state index contributed by atoms with van der Waals surface area (Å²) in [4.78, 5) is 21.9. The number of hydrogen-bond donors (Lipinski definition) is 1. The van der Waals surface area contributed by atoms with Crippen LogP contribution >= 0.6 is 0 Å². The van der Waals surface area contributed by atoms with Crippen LogP contribution in [0.25, 0.3) is 0 Å². The molecule has 0 saturated heterocycles. The maximum absolute atomic E-state index is 12.3. The van der Waals surface area contributed by atoms with Gasteiger partial charge < -0.3 is 9.50 Å². The molecule has 0 bridgehead atoms. The number of carbonyl (C=O) groups excluding carboxylic acids is 1. The van der Waals surface area contributed by atoms with Crippen LogP contribution in [-0.4, -0.2) is 25.8 Å². The normalized spacial score (nSPS) is 11.0. The smallest absolute Gasteiger partial charge is 0.339 e. The Bertz CT molecular complexity index is 926. The summed E-state index contributed by atoms with van der Waals surface area (Å²) in [7, 11) is -4.23. The highest BCUT2D eigenvalue weighted by Gasteiger charge is 2.20. The van der Waals surface area contributed by atoms with Gasteiger partial charge in [-0.1, -0.05) is 32.3 Å². The quantitative estimate of drug-likeness (QED) is 0.278. The largest absolute Gasteiger partial charge is 0.379 e. The molecule has 0 aliphatic heterocycles. The molecule has 28 heavy (non-hydrogen) atoms. The van der Waals surface area contributed by atoms with E-state index >= 15 is 0 Å². The zero-order valence-electron chi connectivity index (χ0n) is 15.5. The lowest BCUT2D eigenvalue weighted by Crippen LogP contribution is -2.24. The molecular weight excluding hydrogens is 384 g/mol. The van der Waals surface area contributed by atoms with Crippen LogP contribution in [0.4, 0.5) is 5.69 Å². The monoisotopic (exact) mass is 406 g/mol. The standard InChI is InChI=1S/C19H22N2O6S/c1-2-3-4-5-13-20-19(22)15-9-11-17(12-10-15)27-28(25,26)18-8-6-7-16(14-18)21(23)24/h6-12,14H,2-5,13H2,1H3,(H,20,22). The molecule has 1 N–H and O–H groups in total. The van der Waals surface area contributed by atoms with Crippen LogP contribution in [0, 0.1) is 10.1 Å². The zero-order valence-corrected chi connectivity index (χ0v) is 16.3. The fourth-order valence-corrected chi connectivity index (χ4v) is 3.42. The highest BCUT2D eigenvalue weighted by atomic mass is 32.2. The van der Waals surface area contributed by atoms with E-state index in [-0.39, 0.29) is 22.2 Å². The van der Waals surface area contributed by atoms with E-state index in [0.717, 1.165) is 31.7 Å². The molecule has 8 nitrogen and oxygen atoms in total. The van der Waals surface area contributed by atoms with Gasteiger partial charge in [-0.05, 0) is 36.8 Å². The molecule has 150 valence electrons. The number of nitrogens with one attached hydrogen (secondary N) is 1. The van der Waals surface area contributed by atoms with Gasteiger partial charge in [-0.25, -0.2) is 0 Å². The molecular formula is C19H22N2O6S. The maximum atomic E-state index is 12.3. The average molecular weight is 406 g/mol. The molecule has 0 fully saturated rings. The van der Waals surface area contributed by atoms with Gasteiger partial charge in [-0.3, -0.25) is 14.9 Å². The summed E-state index contributed by atoms with van der Waals surface area (Å²) in [6.07, 6.45) is 4.21. The molecule has 0 saturated carbocycles. The van der Waals surface area contributed by atoms with Gasteiger partial charge in [0.05, 0.1) is 4.92 Å². The van der Waals surface area contributed by atoms with Crippen molar-refractivity contribution in [2.75, 3.05) is 6.54 Å². The number of benzene rings is 2. The lowest BCUT2D eigenvalue weighted by Gasteiger charge is -2.08. The number of unbranched alkanes of at least 4 members (excludes halogenated alkanes) is 3. The van der Waals surface area contributed by atoms with Crippen LogP contribution in [0.5, 0.6) is 5.75 Å². The second-order valence-electron chi connectivity index (χ2n) is 6.13. The Balaban J connectivity index is 2.00. The van der Waals surface area contributed by atoms with Crippen LogP contribution < -0.4 is 9.50 Å². The first-order chi connectivity index (χ1) is 13.3. The molecule has 0 aliphatic carbocycles. The van der Waals surface area contributed by atoms with E-state index in [0.29, 0.717) is 12.1 Å². The summed E-state index contributed by atoms with van der Waals surface area (Å²) in [5.41, 5.74) is 0.0335. The number of nitro groups is 1. The van der Waals surface area contributed by atoms with Crippen molar-refractivity contribution in [2.24, 2.45) is 0 Å². The van der Waals surface area contributed by atoms with Gasteiger partial charge in [0.2, 0.25) is 0 Å². The van der Waals surface area contributed by atoms with Crippen LogP contribution in [0.15, 0.2) is 53.4 Å². The molecule has 2 aromatic rings. The van der Waals surface area contributed by atoms with Crippen molar-refractivity contribution < 1.29 is 22.3 Å². The van der Waals surface area contributed by atoms with E-state index in [2.05, 4.69) is 12.2 Å². The SMILES string of the molecule is CCCCCCNC(=O)c1ccc(OS(=O)(=O)c2cccc([N+](=O)[O-])c2)cc1. The van der Waals surface area contributed by atoms with Gasteiger partial charge in [-0.15, -0.1) is 0 Å². The third kappa shape index (κ3) is 6.05.